The quantitative estimate of drug-likeness (QED) is 0.887. The zero-order valence-electron chi connectivity index (χ0n) is 10.6. The van der Waals surface area contributed by atoms with Gasteiger partial charge in [-0.2, -0.15) is 5.26 Å². The van der Waals surface area contributed by atoms with Gasteiger partial charge in [0.2, 0.25) is 5.91 Å². The molecule has 18 heavy (non-hydrogen) atoms. The molecule has 1 saturated heterocycles. The van der Waals surface area contributed by atoms with E-state index in [9.17, 15) is 4.79 Å². The second-order valence-corrected chi connectivity index (χ2v) is 4.92. The van der Waals surface area contributed by atoms with Crippen molar-refractivity contribution in [1.82, 2.24) is 0 Å². The summed E-state index contributed by atoms with van der Waals surface area (Å²) >= 11 is 0. The maximum Gasteiger partial charge on any atom is 0.249 e. The van der Waals surface area contributed by atoms with Crippen LogP contribution in [0.4, 0.5) is 5.69 Å². The summed E-state index contributed by atoms with van der Waals surface area (Å²) in [6.45, 7) is 4.59. The topological polar surface area (TPSA) is 62.1 Å². The Kier molecular flexibility index (Phi) is 3.35. The van der Waals surface area contributed by atoms with Crippen molar-refractivity contribution in [3.05, 3.63) is 29.8 Å². The summed E-state index contributed by atoms with van der Waals surface area (Å²) in [4.78, 5) is 12.0. The molecule has 1 aromatic rings. The molecule has 1 heterocycles. The first-order chi connectivity index (χ1) is 8.57. The number of nitrogens with one attached hydrogen (secondary N) is 1. The van der Waals surface area contributed by atoms with Gasteiger partial charge in [-0.15, -0.1) is 0 Å². The van der Waals surface area contributed by atoms with Crippen LogP contribution in [-0.2, 0) is 9.53 Å². The fourth-order valence-electron chi connectivity index (χ4n) is 1.75. The number of carbonyl (C=O) groups excluding carboxylic acids is 1. The SMILES string of the molecule is CC(C)c1ccc(NC(=O)C2(C#N)COC2)cc1. The fourth-order valence-corrected chi connectivity index (χ4v) is 1.75. The molecule has 0 saturated carbocycles. The Hall–Kier alpha value is -1.86. The number of rotatable bonds is 3. The van der Waals surface area contributed by atoms with Gasteiger partial charge < -0.3 is 10.1 Å². The Balaban J connectivity index is 2.06. The molecule has 4 nitrogen and oxygen atoms in total. The molecule has 0 aromatic heterocycles. The second kappa shape index (κ2) is 4.79. The molecule has 1 fully saturated rings. The van der Waals surface area contributed by atoms with Crippen molar-refractivity contribution >= 4 is 11.6 Å². The van der Waals surface area contributed by atoms with Crippen molar-refractivity contribution in [2.24, 2.45) is 5.41 Å². The van der Waals surface area contributed by atoms with E-state index >= 15 is 0 Å². The van der Waals surface area contributed by atoms with E-state index < -0.39 is 5.41 Å². The Bertz CT molecular complexity index is 482. The number of benzene rings is 1. The predicted molar refractivity (Wildman–Crippen MR) is 68.0 cm³/mol. The Labute approximate surface area is 107 Å². The number of amides is 1. The summed E-state index contributed by atoms with van der Waals surface area (Å²) in [7, 11) is 0. The lowest BCUT2D eigenvalue weighted by atomic mass is 9.87. The van der Waals surface area contributed by atoms with Gasteiger partial charge in [0.05, 0.1) is 19.3 Å². The van der Waals surface area contributed by atoms with Crippen LogP contribution < -0.4 is 5.32 Å². The average Bonchev–Trinajstić information content (AvgIpc) is 2.29. The fraction of sp³-hybridized carbons (Fsp3) is 0.429. The van der Waals surface area contributed by atoms with Crippen molar-refractivity contribution in [2.75, 3.05) is 18.5 Å². The maximum absolute atomic E-state index is 12.0. The van der Waals surface area contributed by atoms with Crippen molar-refractivity contribution < 1.29 is 9.53 Å². The molecule has 0 unspecified atom stereocenters. The van der Waals surface area contributed by atoms with E-state index in [-0.39, 0.29) is 19.1 Å². The summed E-state index contributed by atoms with van der Waals surface area (Å²) in [6.07, 6.45) is 0. The van der Waals surface area contributed by atoms with Crippen molar-refractivity contribution in [2.45, 2.75) is 19.8 Å². The third-order valence-corrected chi connectivity index (χ3v) is 3.18. The molecular weight excluding hydrogens is 228 g/mol. The molecule has 2 rings (SSSR count). The molecule has 1 N–H and O–H groups in total. The molecule has 0 atom stereocenters. The highest BCUT2D eigenvalue weighted by atomic mass is 16.5. The van der Waals surface area contributed by atoms with E-state index in [1.165, 1.54) is 5.56 Å². The summed E-state index contributed by atoms with van der Waals surface area (Å²) in [5.41, 5.74) is 0.928. The largest absolute Gasteiger partial charge is 0.377 e. The third-order valence-electron chi connectivity index (χ3n) is 3.18. The Morgan fingerprint density at radius 3 is 2.39 bits per heavy atom. The van der Waals surface area contributed by atoms with E-state index in [2.05, 4.69) is 19.2 Å². The zero-order chi connectivity index (χ0) is 13.2. The molecule has 0 radical (unpaired) electrons. The van der Waals surface area contributed by atoms with Crippen LogP contribution in [0.3, 0.4) is 0 Å². The lowest BCUT2D eigenvalue weighted by molar-refractivity contribution is -0.144. The first-order valence-corrected chi connectivity index (χ1v) is 5.98. The van der Waals surface area contributed by atoms with Crippen molar-refractivity contribution in [3.63, 3.8) is 0 Å². The van der Waals surface area contributed by atoms with E-state index in [0.29, 0.717) is 11.6 Å². The second-order valence-electron chi connectivity index (χ2n) is 4.92. The summed E-state index contributed by atoms with van der Waals surface area (Å²) < 4.78 is 4.96. The number of nitrogens with zero attached hydrogens (tertiary/aromatic N) is 1. The highest BCUT2D eigenvalue weighted by molar-refractivity contribution is 5.98. The van der Waals surface area contributed by atoms with Gasteiger partial charge in [-0.05, 0) is 23.6 Å². The van der Waals surface area contributed by atoms with Crippen LogP contribution in [0.2, 0.25) is 0 Å². The van der Waals surface area contributed by atoms with E-state index in [0.717, 1.165) is 0 Å². The van der Waals surface area contributed by atoms with E-state index in [1.54, 1.807) is 0 Å². The molecule has 94 valence electrons. The molecule has 1 aromatic carbocycles. The molecule has 0 bridgehead atoms. The zero-order valence-corrected chi connectivity index (χ0v) is 10.6. The average molecular weight is 244 g/mol. The van der Waals surface area contributed by atoms with Crippen LogP contribution in [0.25, 0.3) is 0 Å². The molecule has 1 amide bonds. The maximum atomic E-state index is 12.0. The van der Waals surface area contributed by atoms with Gasteiger partial charge in [-0.1, -0.05) is 26.0 Å². The minimum absolute atomic E-state index is 0.180. The molecule has 1 aliphatic heterocycles. The normalized spacial score (nSPS) is 16.8. The van der Waals surface area contributed by atoms with Crippen LogP contribution in [0, 0.1) is 16.7 Å². The first kappa shape index (κ1) is 12.6. The lowest BCUT2D eigenvalue weighted by Crippen LogP contribution is -2.50. The molecule has 0 aliphatic carbocycles. The highest BCUT2D eigenvalue weighted by Crippen LogP contribution is 2.28. The molecule has 1 aliphatic rings. The standard InChI is InChI=1S/C14H16N2O2/c1-10(2)11-3-5-12(6-4-11)16-13(17)14(7-15)8-18-9-14/h3-6,10H,8-9H2,1-2H3,(H,16,17). The predicted octanol–water partition coefficient (Wildman–Crippen LogP) is 2.29. The number of nitriles is 1. The summed E-state index contributed by atoms with van der Waals surface area (Å²) in [5, 5.41) is 11.8. The number of hydrogen-bond donors (Lipinski definition) is 1. The van der Waals surface area contributed by atoms with Crippen molar-refractivity contribution in [1.29, 1.82) is 5.26 Å². The van der Waals surface area contributed by atoms with E-state index in [4.69, 9.17) is 10.00 Å². The van der Waals surface area contributed by atoms with Gasteiger partial charge in [0, 0.05) is 5.69 Å². The molecular formula is C14H16N2O2. The highest BCUT2D eigenvalue weighted by Gasteiger charge is 2.46. The van der Waals surface area contributed by atoms with Gasteiger partial charge in [0.15, 0.2) is 5.41 Å². The van der Waals surface area contributed by atoms with Crippen LogP contribution >= 0.6 is 0 Å². The Morgan fingerprint density at radius 2 is 2.00 bits per heavy atom. The number of ether oxygens (including phenoxy) is 1. The van der Waals surface area contributed by atoms with Gasteiger partial charge in [0.1, 0.15) is 0 Å². The molecule has 0 spiro atoms. The van der Waals surface area contributed by atoms with Crippen LogP contribution in [-0.4, -0.2) is 19.1 Å². The van der Waals surface area contributed by atoms with Crippen molar-refractivity contribution in [3.8, 4) is 6.07 Å². The number of hydrogen-bond acceptors (Lipinski definition) is 3. The van der Waals surface area contributed by atoms with Gasteiger partial charge >= 0.3 is 0 Å². The van der Waals surface area contributed by atoms with Crippen LogP contribution in [0.1, 0.15) is 25.3 Å². The van der Waals surface area contributed by atoms with Gasteiger partial charge in [-0.25, -0.2) is 0 Å². The monoisotopic (exact) mass is 244 g/mol. The van der Waals surface area contributed by atoms with Crippen LogP contribution in [0.5, 0.6) is 0 Å². The van der Waals surface area contributed by atoms with Gasteiger partial charge in [0.25, 0.3) is 0 Å². The first-order valence-electron chi connectivity index (χ1n) is 5.98. The van der Waals surface area contributed by atoms with Gasteiger partial charge in [-0.3, -0.25) is 4.79 Å². The lowest BCUT2D eigenvalue weighted by Gasteiger charge is -2.33. The minimum atomic E-state index is -1.00. The Morgan fingerprint density at radius 1 is 1.39 bits per heavy atom. The van der Waals surface area contributed by atoms with E-state index in [1.807, 2.05) is 30.3 Å². The third kappa shape index (κ3) is 2.22. The van der Waals surface area contributed by atoms with Crippen LogP contribution in [0.15, 0.2) is 24.3 Å². The number of anilines is 1. The number of carbonyl (C=O) groups is 1. The smallest absolute Gasteiger partial charge is 0.249 e. The summed E-state index contributed by atoms with van der Waals surface area (Å²) in [5.74, 6) is 0.175. The molecule has 4 heteroatoms. The summed E-state index contributed by atoms with van der Waals surface area (Å²) in [6, 6.07) is 9.71. The minimum Gasteiger partial charge on any atom is -0.377 e.